The Kier molecular flexibility index (Phi) is 3.34. The van der Waals surface area contributed by atoms with Crippen molar-refractivity contribution >= 4 is 11.8 Å². The fraction of sp³-hybridized carbons (Fsp3) is 0.300. The first-order chi connectivity index (χ1) is 6.65. The first-order valence-corrected chi connectivity index (χ1v) is 4.16. The fourth-order valence-electron chi connectivity index (χ4n) is 1.08. The molecule has 4 nitrogen and oxygen atoms in total. The molecule has 0 fully saturated rings. The van der Waals surface area contributed by atoms with Crippen molar-refractivity contribution in [1.29, 1.82) is 0 Å². The van der Waals surface area contributed by atoms with Crippen molar-refractivity contribution < 1.29 is 14.3 Å². The van der Waals surface area contributed by atoms with Gasteiger partial charge in [0.2, 0.25) is 0 Å². The molecule has 4 heteroatoms. The lowest BCUT2D eigenvalue weighted by Crippen LogP contribution is -2.11. The van der Waals surface area contributed by atoms with E-state index in [1.54, 1.807) is 25.3 Å². The highest BCUT2D eigenvalue weighted by molar-refractivity contribution is 6.06. The Morgan fingerprint density at radius 2 is 2.21 bits per heavy atom. The summed E-state index contributed by atoms with van der Waals surface area (Å²) in [4.78, 5) is 26.3. The van der Waals surface area contributed by atoms with E-state index < -0.39 is 5.97 Å². The molecule has 74 valence electrons. The van der Waals surface area contributed by atoms with Gasteiger partial charge < -0.3 is 4.74 Å². The molecule has 0 aliphatic carbocycles. The van der Waals surface area contributed by atoms with Crippen molar-refractivity contribution in [1.82, 2.24) is 4.98 Å². The van der Waals surface area contributed by atoms with Crippen molar-refractivity contribution in [2.75, 3.05) is 7.11 Å². The van der Waals surface area contributed by atoms with E-state index in [0.29, 0.717) is 11.3 Å². The third-order valence-electron chi connectivity index (χ3n) is 1.84. The first kappa shape index (κ1) is 10.4. The highest BCUT2D eigenvalue weighted by Gasteiger charge is 2.13. The number of aromatic nitrogens is 1. The Morgan fingerprint density at radius 1 is 1.50 bits per heavy atom. The van der Waals surface area contributed by atoms with E-state index in [1.807, 2.05) is 0 Å². The van der Waals surface area contributed by atoms with E-state index in [0.717, 1.165) is 0 Å². The van der Waals surface area contributed by atoms with Gasteiger partial charge >= 0.3 is 5.97 Å². The number of carbonyl (C=O) groups excluding carboxylic acids is 2. The summed E-state index contributed by atoms with van der Waals surface area (Å²) in [6, 6.07) is 3.31. The van der Waals surface area contributed by atoms with Gasteiger partial charge in [0.25, 0.3) is 0 Å². The van der Waals surface area contributed by atoms with Gasteiger partial charge in [0.1, 0.15) is 6.42 Å². The Hall–Kier alpha value is -1.71. The van der Waals surface area contributed by atoms with Crippen LogP contribution < -0.4 is 0 Å². The minimum absolute atomic E-state index is 0.233. The molecule has 0 saturated carbocycles. The van der Waals surface area contributed by atoms with E-state index in [4.69, 9.17) is 0 Å². The summed E-state index contributed by atoms with van der Waals surface area (Å²) in [6.07, 6.45) is 1.37. The molecule has 0 atom stereocenters. The van der Waals surface area contributed by atoms with Gasteiger partial charge in [0.05, 0.1) is 7.11 Å². The third kappa shape index (κ3) is 2.39. The number of ether oxygens (including phenoxy) is 1. The van der Waals surface area contributed by atoms with E-state index >= 15 is 0 Å². The topological polar surface area (TPSA) is 56.3 Å². The van der Waals surface area contributed by atoms with Gasteiger partial charge in [0, 0.05) is 17.5 Å². The van der Waals surface area contributed by atoms with E-state index in [1.165, 1.54) is 7.11 Å². The van der Waals surface area contributed by atoms with Crippen LogP contribution in [-0.4, -0.2) is 23.8 Å². The molecule has 1 aromatic heterocycles. The second-order valence-electron chi connectivity index (χ2n) is 2.81. The molecular weight excluding hydrogens is 182 g/mol. The molecule has 1 heterocycles. The summed E-state index contributed by atoms with van der Waals surface area (Å²) in [5, 5.41) is 0. The Labute approximate surface area is 81.9 Å². The standard InChI is InChI=1S/C10H11NO3/c1-7-8(4-3-5-11-7)9(12)6-10(13)14-2/h3-5H,6H2,1-2H3. The fourth-order valence-corrected chi connectivity index (χ4v) is 1.08. The van der Waals surface area contributed by atoms with Crippen molar-refractivity contribution in [3.63, 3.8) is 0 Å². The molecule has 0 unspecified atom stereocenters. The molecule has 1 rings (SSSR count). The van der Waals surface area contributed by atoms with E-state index in [9.17, 15) is 9.59 Å². The highest BCUT2D eigenvalue weighted by atomic mass is 16.5. The Bertz CT molecular complexity index is 360. The molecule has 14 heavy (non-hydrogen) atoms. The number of methoxy groups -OCH3 is 1. The highest BCUT2D eigenvalue weighted by Crippen LogP contribution is 2.07. The number of carbonyl (C=O) groups is 2. The van der Waals surface area contributed by atoms with Gasteiger partial charge in [-0.25, -0.2) is 0 Å². The summed E-state index contributed by atoms with van der Waals surface area (Å²) in [5.74, 6) is -0.791. The smallest absolute Gasteiger partial charge is 0.313 e. The van der Waals surface area contributed by atoms with Crippen LogP contribution in [0.5, 0.6) is 0 Å². The zero-order chi connectivity index (χ0) is 10.6. The number of ketones is 1. The van der Waals surface area contributed by atoms with Gasteiger partial charge in [-0.05, 0) is 19.1 Å². The van der Waals surface area contributed by atoms with Crippen LogP contribution in [-0.2, 0) is 9.53 Å². The summed E-state index contributed by atoms with van der Waals surface area (Å²) in [6.45, 7) is 1.73. The van der Waals surface area contributed by atoms with Gasteiger partial charge in [-0.1, -0.05) is 0 Å². The minimum Gasteiger partial charge on any atom is -0.469 e. The summed E-state index contributed by atoms with van der Waals surface area (Å²) >= 11 is 0. The zero-order valence-electron chi connectivity index (χ0n) is 8.11. The predicted octanol–water partition coefficient (Wildman–Crippen LogP) is 1.14. The third-order valence-corrected chi connectivity index (χ3v) is 1.84. The molecule has 0 aliphatic heterocycles. The van der Waals surface area contributed by atoms with Crippen molar-refractivity contribution in [2.24, 2.45) is 0 Å². The molecule has 0 saturated heterocycles. The normalized spacial score (nSPS) is 9.57. The average Bonchev–Trinajstić information content (AvgIpc) is 2.18. The van der Waals surface area contributed by atoms with Crippen LogP contribution in [0.4, 0.5) is 0 Å². The maximum absolute atomic E-state index is 11.5. The number of hydrogen-bond donors (Lipinski definition) is 0. The number of pyridine rings is 1. The van der Waals surface area contributed by atoms with Crippen LogP contribution in [0, 0.1) is 6.92 Å². The SMILES string of the molecule is COC(=O)CC(=O)c1cccnc1C. The lowest BCUT2D eigenvalue weighted by atomic mass is 10.1. The zero-order valence-corrected chi connectivity index (χ0v) is 8.11. The molecule has 0 aliphatic rings. The molecule has 0 N–H and O–H groups in total. The van der Waals surface area contributed by atoms with Gasteiger partial charge in [-0.2, -0.15) is 0 Å². The van der Waals surface area contributed by atoms with Crippen LogP contribution in [0.15, 0.2) is 18.3 Å². The Balaban J connectivity index is 2.80. The largest absolute Gasteiger partial charge is 0.469 e. The van der Waals surface area contributed by atoms with Crippen LogP contribution >= 0.6 is 0 Å². The lowest BCUT2D eigenvalue weighted by Gasteiger charge is -2.02. The first-order valence-electron chi connectivity index (χ1n) is 4.16. The molecule has 1 aromatic rings. The van der Waals surface area contributed by atoms with Crippen LogP contribution in [0.1, 0.15) is 22.5 Å². The number of aryl methyl sites for hydroxylation is 1. The molecule has 0 aromatic carbocycles. The molecule has 0 bridgehead atoms. The average molecular weight is 193 g/mol. The number of rotatable bonds is 3. The number of hydrogen-bond acceptors (Lipinski definition) is 4. The van der Waals surface area contributed by atoms with Crippen LogP contribution in [0.3, 0.4) is 0 Å². The van der Waals surface area contributed by atoms with Crippen molar-refractivity contribution in [3.05, 3.63) is 29.6 Å². The Morgan fingerprint density at radius 3 is 2.79 bits per heavy atom. The van der Waals surface area contributed by atoms with Crippen LogP contribution in [0.2, 0.25) is 0 Å². The van der Waals surface area contributed by atoms with Crippen molar-refractivity contribution in [3.8, 4) is 0 Å². The number of Topliss-reactive ketones (excluding diaryl/α,β-unsaturated/α-hetero) is 1. The number of esters is 1. The number of nitrogens with zero attached hydrogens (tertiary/aromatic N) is 1. The molecule has 0 spiro atoms. The summed E-state index contributed by atoms with van der Waals surface area (Å²) in [5.41, 5.74) is 1.10. The van der Waals surface area contributed by atoms with Gasteiger partial charge in [0.15, 0.2) is 5.78 Å². The maximum atomic E-state index is 11.5. The monoisotopic (exact) mass is 193 g/mol. The molecule has 0 radical (unpaired) electrons. The quantitative estimate of drug-likeness (QED) is 0.410. The van der Waals surface area contributed by atoms with E-state index in [-0.39, 0.29) is 12.2 Å². The van der Waals surface area contributed by atoms with Gasteiger partial charge in [-0.3, -0.25) is 14.6 Å². The minimum atomic E-state index is -0.529. The van der Waals surface area contributed by atoms with Crippen molar-refractivity contribution in [2.45, 2.75) is 13.3 Å². The second-order valence-corrected chi connectivity index (χ2v) is 2.81. The second kappa shape index (κ2) is 4.50. The maximum Gasteiger partial charge on any atom is 0.313 e. The van der Waals surface area contributed by atoms with E-state index in [2.05, 4.69) is 9.72 Å². The lowest BCUT2D eigenvalue weighted by molar-refractivity contribution is -0.139. The predicted molar refractivity (Wildman–Crippen MR) is 49.9 cm³/mol. The van der Waals surface area contributed by atoms with Gasteiger partial charge in [-0.15, -0.1) is 0 Å². The van der Waals surface area contributed by atoms with Crippen LogP contribution in [0.25, 0.3) is 0 Å². The molecular formula is C10H11NO3. The summed E-state index contributed by atoms with van der Waals surface area (Å²) < 4.78 is 4.40. The summed E-state index contributed by atoms with van der Waals surface area (Å²) in [7, 11) is 1.26. The molecule has 0 amide bonds.